The number of rotatable bonds is 5. The van der Waals surface area contributed by atoms with Gasteiger partial charge in [0.2, 0.25) is 5.91 Å². The fourth-order valence-corrected chi connectivity index (χ4v) is 4.38. The number of pyridine rings is 1. The minimum Gasteiger partial charge on any atom is -0.382 e. The van der Waals surface area contributed by atoms with Crippen molar-refractivity contribution >= 4 is 22.5 Å². The van der Waals surface area contributed by atoms with E-state index in [-0.39, 0.29) is 18.0 Å². The molecule has 0 spiro atoms. The van der Waals surface area contributed by atoms with Crippen LogP contribution in [0.3, 0.4) is 0 Å². The van der Waals surface area contributed by atoms with Gasteiger partial charge >= 0.3 is 6.18 Å². The molecule has 8 heteroatoms. The second-order valence-corrected chi connectivity index (χ2v) is 8.68. The standard InChI is InChI=1S/C25H27F3N4O/c1-15-10-11-20-19(12-15)21(14-22(32-20)25(26,27)28)30-17-8-5-9-18(13-17)31-24(33)23(29)16-6-3-2-4-7-16/h2-4,6-7,10-12,14,17-18,23H,5,8-9,13,29H2,1H3,(H,30,32)(H,31,33)/t17-,18?,23+/m0/s1. The summed E-state index contributed by atoms with van der Waals surface area (Å²) in [5.41, 5.74) is 7.57. The predicted octanol–water partition coefficient (Wildman–Crippen LogP) is 5.10. The maximum atomic E-state index is 13.4. The second-order valence-electron chi connectivity index (χ2n) is 8.68. The quantitative estimate of drug-likeness (QED) is 0.499. The summed E-state index contributed by atoms with van der Waals surface area (Å²) in [5, 5.41) is 6.98. The number of nitrogens with one attached hydrogen (secondary N) is 2. The Morgan fingerprint density at radius 2 is 1.82 bits per heavy atom. The maximum Gasteiger partial charge on any atom is 0.433 e. The molecule has 1 fully saturated rings. The first-order valence-corrected chi connectivity index (χ1v) is 11.1. The number of nitrogens with zero attached hydrogens (tertiary/aromatic N) is 1. The molecule has 33 heavy (non-hydrogen) atoms. The molecule has 1 aromatic heterocycles. The van der Waals surface area contributed by atoms with Gasteiger partial charge in [0.15, 0.2) is 0 Å². The highest BCUT2D eigenvalue weighted by molar-refractivity contribution is 5.92. The predicted molar refractivity (Wildman–Crippen MR) is 123 cm³/mol. The minimum atomic E-state index is -4.54. The van der Waals surface area contributed by atoms with Gasteiger partial charge in [-0.3, -0.25) is 4.79 Å². The first kappa shape index (κ1) is 23.0. The van der Waals surface area contributed by atoms with Crippen LogP contribution in [0.1, 0.15) is 48.5 Å². The van der Waals surface area contributed by atoms with E-state index < -0.39 is 17.9 Å². The molecule has 0 radical (unpaired) electrons. The van der Waals surface area contributed by atoms with E-state index in [2.05, 4.69) is 15.6 Å². The highest BCUT2D eigenvalue weighted by Gasteiger charge is 2.34. The van der Waals surface area contributed by atoms with E-state index in [0.29, 0.717) is 23.0 Å². The summed E-state index contributed by atoms with van der Waals surface area (Å²) in [5.74, 6) is -0.254. The Labute approximate surface area is 190 Å². The van der Waals surface area contributed by atoms with Gasteiger partial charge in [0.25, 0.3) is 0 Å². The third-order valence-electron chi connectivity index (χ3n) is 6.08. The molecule has 1 aliphatic carbocycles. The van der Waals surface area contributed by atoms with Crippen LogP contribution in [0.25, 0.3) is 10.9 Å². The van der Waals surface area contributed by atoms with Gasteiger partial charge in [-0.05, 0) is 56.4 Å². The average Bonchev–Trinajstić information content (AvgIpc) is 2.79. The second kappa shape index (κ2) is 9.39. The number of hydrogen-bond acceptors (Lipinski definition) is 4. The van der Waals surface area contributed by atoms with Gasteiger partial charge in [0.1, 0.15) is 11.7 Å². The number of benzene rings is 2. The average molecular weight is 457 g/mol. The van der Waals surface area contributed by atoms with Crippen LogP contribution in [0.5, 0.6) is 0 Å². The van der Waals surface area contributed by atoms with E-state index >= 15 is 0 Å². The van der Waals surface area contributed by atoms with Crippen molar-refractivity contribution in [2.45, 2.75) is 56.9 Å². The lowest BCUT2D eigenvalue weighted by atomic mass is 9.90. The number of hydrogen-bond donors (Lipinski definition) is 3. The Hall–Kier alpha value is -3.13. The van der Waals surface area contributed by atoms with E-state index in [1.54, 1.807) is 12.1 Å². The van der Waals surface area contributed by atoms with Crippen LogP contribution in [0.4, 0.5) is 18.9 Å². The summed E-state index contributed by atoms with van der Waals surface area (Å²) < 4.78 is 40.3. The first-order chi connectivity index (χ1) is 15.7. The van der Waals surface area contributed by atoms with Gasteiger partial charge in [-0.15, -0.1) is 0 Å². The van der Waals surface area contributed by atoms with Crippen LogP contribution in [-0.4, -0.2) is 23.0 Å². The van der Waals surface area contributed by atoms with E-state index in [1.807, 2.05) is 43.3 Å². The fourth-order valence-electron chi connectivity index (χ4n) is 4.38. The number of anilines is 1. The number of halogens is 3. The number of carbonyl (C=O) groups excluding carboxylic acids is 1. The highest BCUT2D eigenvalue weighted by atomic mass is 19.4. The summed E-state index contributed by atoms with van der Waals surface area (Å²) >= 11 is 0. The summed E-state index contributed by atoms with van der Waals surface area (Å²) in [6, 6.07) is 14.5. The molecule has 4 rings (SSSR count). The molecule has 174 valence electrons. The highest BCUT2D eigenvalue weighted by Crippen LogP contribution is 2.34. The van der Waals surface area contributed by atoms with E-state index in [0.717, 1.165) is 36.5 Å². The number of aryl methyl sites for hydroxylation is 1. The molecular formula is C25H27F3N4O. The first-order valence-electron chi connectivity index (χ1n) is 11.1. The molecule has 4 N–H and O–H groups in total. The SMILES string of the molecule is Cc1ccc2nc(C(F)(F)F)cc(N[C@H]3CCCC(NC(=O)[C@H](N)c4ccccc4)C3)c2c1. The normalized spacial score (nSPS) is 19.8. The Bertz CT molecular complexity index is 1130. The Balaban J connectivity index is 1.50. The summed E-state index contributed by atoms with van der Waals surface area (Å²) in [6.45, 7) is 1.89. The van der Waals surface area contributed by atoms with Gasteiger partial charge in [0.05, 0.1) is 5.52 Å². The number of carbonyl (C=O) groups is 1. The molecule has 3 aromatic rings. The van der Waals surface area contributed by atoms with Crippen molar-refractivity contribution in [3.8, 4) is 0 Å². The molecule has 1 heterocycles. The largest absolute Gasteiger partial charge is 0.433 e. The van der Waals surface area contributed by atoms with Crippen molar-refractivity contribution in [1.82, 2.24) is 10.3 Å². The fraction of sp³-hybridized carbons (Fsp3) is 0.360. The lowest BCUT2D eigenvalue weighted by molar-refractivity contribution is -0.140. The van der Waals surface area contributed by atoms with Gasteiger partial charge in [-0.1, -0.05) is 42.0 Å². The van der Waals surface area contributed by atoms with Crippen molar-refractivity contribution in [2.75, 3.05) is 5.32 Å². The van der Waals surface area contributed by atoms with Crippen LogP contribution in [0.2, 0.25) is 0 Å². The van der Waals surface area contributed by atoms with Gasteiger partial charge in [-0.25, -0.2) is 4.98 Å². The molecule has 0 bridgehead atoms. The molecule has 5 nitrogen and oxygen atoms in total. The van der Waals surface area contributed by atoms with E-state index in [1.165, 1.54) is 0 Å². The molecule has 3 atom stereocenters. The van der Waals surface area contributed by atoms with Crippen molar-refractivity contribution in [1.29, 1.82) is 0 Å². The van der Waals surface area contributed by atoms with Gasteiger partial charge in [0, 0.05) is 23.2 Å². The van der Waals surface area contributed by atoms with Crippen LogP contribution in [-0.2, 0) is 11.0 Å². The van der Waals surface area contributed by atoms with Crippen molar-refractivity contribution in [3.05, 3.63) is 71.4 Å². The molecule has 1 saturated carbocycles. The summed E-state index contributed by atoms with van der Waals surface area (Å²) in [7, 11) is 0. The monoisotopic (exact) mass is 456 g/mol. The summed E-state index contributed by atoms with van der Waals surface area (Å²) in [6.07, 6.45) is -1.49. The molecule has 1 amide bonds. The molecule has 2 aromatic carbocycles. The van der Waals surface area contributed by atoms with E-state index in [4.69, 9.17) is 5.73 Å². The third-order valence-corrected chi connectivity index (χ3v) is 6.08. The van der Waals surface area contributed by atoms with E-state index in [9.17, 15) is 18.0 Å². The van der Waals surface area contributed by atoms with Crippen molar-refractivity contribution in [2.24, 2.45) is 5.73 Å². The molecule has 0 aliphatic heterocycles. The minimum absolute atomic E-state index is 0.0794. The molecule has 0 saturated heterocycles. The zero-order valence-corrected chi connectivity index (χ0v) is 18.3. The van der Waals surface area contributed by atoms with Crippen molar-refractivity contribution < 1.29 is 18.0 Å². The Kier molecular flexibility index (Phi) is 6.56. The number of alkyl halides is 3. The number of nitrogens with two attached hydrogens (primary N) is 1. The Morgan fingerprint density at radius 1 is 1.09 bits per heavy atom. The zero-order valence-electron chi connectivity index (χ0n) is 18.3. The number of fused-ring (bicyclic) bond motifs is 1. The lowest BCUT2D eigenvalue weighted by Gasteiger charge is -2.32. The Morgan fingerprint density at radius 3 is 2.55 bits per heavy atom. The van der Waals surface area contributed by atoms with Crippen LogP contribution < -0.4 is 16.4 Å². The third kappa shape index (κ3) is 5.45. The number of amides is 1. The van der Waals surface area contributed by atoms with Crippen LogP contribution in [0, 0.1) is 6.92 Å². The van der Waals surface area contributed by atoms with Crippen LogP contribution in [0.15, 0.2) is 54.6 Å². The van der Waals surface area contributed by atoms with Gasteiger partial charge < -0.3 is 16.4 Å². The smallest absolute Gasteiger partial charge is 0.382 e. The molecular weight excluding hydrogens is 429 g/mol. The maximum absolute atomic E-state index is 13.4. The number of aromatic nitrogens is 1. The molecule has 1 unspecified atom stereocenters. The molecule has 1 aliphatic rings. The lowest BCUT2D eigenvalue weighted by Crippen LogP contribution is -2.45. The van der Waals surface area contributed by atoms with Gasteiger partial charge in [-0.2, -0.15) is 13.2 Å². The summed E-state index contributed by atoms with van der Waals surface area (Å²) in [4.78, 5) is 16.5. The zero-order chi connectivity index (χ0) is 23.6. The van der Waals surface area contributed by atoms with Crippen LogP contribution >= 0.6 is 0 Å². The topological polar surface area (TPSA) is 80.0 Å². The van der Waals surface area contributed by atoms with Crippen molar-refractivity contribution in [3.63, 3.8) is 0 Å².